The van der Waals surface area contributed by atoms with Crippen LogP contribution in [-0.4, -0.2) is 9.97 Å². The molecule has 8 aromatic rings. The van der Waals surface area contributed by atoms with Crippen LogP contribution in [0, 0.1) is 0 Å². The molecule has 0 amide bonds. The molecule has 198 valence electrons. The van der Waals surface area contributed by atoms with Crippen molar-refractivity contribution >= 4 is 68.0 Å². The molecule has 0 bridgehead atoms. The van der Waals surface area contributed by atoms with Gasteiger partial charge < -0.3 is 8.83 Å². The van der Waals surface area contributed by atoms with Crippen molar-refractivity contribution in [1.82, 2.24) is 9.97 Å². The minimum Gasteiger partial charge on any atom is -0.437 e. The zero-order chi connectivity index (χ0) is 27.9. The normalized spacial score (nSPS) is 12.1. The van der Waals surface area contributed by atoms with Crippen molar-refractivity contribution in [3.05, 3.63) is 144 Å². The van der Waals surface area contributed by atoms with Gasteiger partial charge in [-0.3, -0.25) is 0 Å². The van der Waals surface area contributed by atoms with E-state index in [0.29, 0.717) is 11.8 Å². The van der Waals surface area contributed by atoms with Crippen molar-refractivity contribution in [2.24, 2.45) is 0 Å². The maximum Gasteiger partial charge on any atom is 0.220 e. The molecular weight excluding hydrogens is 516 g/mol. The van der Waals surface area contributed by atoms with Gasteiger partial charge in [0.2, 0.25) is 11.8 Å². The summed E-state index contributed by atoms with van der Waals surface area (Å²) in [5.41, 5.74) is 7.85. The zero-order valence-electron chi connectivity index (χ0n) is 22.6. The van der Waals surface area contributed by atoms with E-state index < -0.39 is 0 Å². The number of hydrogen-bond acceptors (Lipinski definition) is 4. The smallest absolute Gasteiger partial charge is 0.220 e. The lowest BCUT2D eigenvalue weighted by Crippen LogP contribution is -1.80. The number of aromatic nitrogens is 2. The third kappa shape index (κ3) is 4.45. The number of rotatable bonds is 5. The number of benzene rings is 6. The molecule has 0 aliphatic carbocycles. The van der Waals surface area contributed by atoms with Gasteiger partial charge in [-0.2, -0.15) is 0 Å². The van der Waals surface area contributed by atoms with E-state index in [4.69, 9.17) is 18.8 Å². The first kappa shape index (κ1) is 24.1. The molecule has 4 nitrogen and oxygen atoms in total. The molecule has 0 saturated heterocycles. The van der Waals surface area contributed by atoms with E-state index in [0.717, 1.165) is 66.0 Å². The highest BCUT2D eigenvalue weighted by molar-refractivity contribution is 6.04. The van der Waals surface area contributed by atoms with Gasteiger partial charge in [0.15, 0.2) is 11.2 Å². The van der Waals surface area contributed by atoms with E-state index >= 15 is 0 Å². The molecule has 4 heteroatoms. The van der Waals surface area contributed by atoms with E-state index in [1.54, 1.807) is 0 Å². The topological polar surface area (TPSA) is 52.1 Å². The molecule has 0 radical (unpaired) electrons. The summed E-state index contributed by atoms with van der Waals surface area (Å²) in [4.78, 5) is 9.44. The second kappa shape index (κ2) is 10.0. The fourth-order valence-electron chi connectivity index (χ4n) is 5.41. The first-order valence-electron chi connectivity index (χ1n) is 13.9. The van der Waals surface area contributed by atoms with Crippen LogP contribution < -0.4 is 0 Å². The number of fused-ring (bicyclic) bond motifs is 6. The molecule has 0 saturated carbocycles. The Morgan fingerprint density at radius 3 is 1.29 bits per heavy atom. The van der Waals surface area contributed by atoms with Crippen molar-refractivity contribution in [2.45, 2.75) is 0 Å². The Balaban J connectivity index is 0.973. The Labute approximate surface area is 241 Å². The Morgan fingerprint density at radius 1 is 0.405 bits per heavy atom. The quantitative estimate of drug-likeness (QED) is 0.218. The van der Waals surface area contributed by atoms with Gasteiger partial charge in [-0.1, -0.05) is 109 Å². The Hall–Kier alpha value is -5.74. The van der Waals surface area contributed by atoms with Crippen LogP contribution in [-0.2, 0) is 0 Å². The highest BCUT2D eigenvalue weighted by atomic mass is 16.4. The van der Waals surface area contributed by atoms with Gasteiger partial charge in [0, 0.05) is 22.9 Å². The lowest BCUT2D eigenvalue weighted by molar-refractivity contribution is 0.589. The fraction of sp³-hybridized carbons (Fsp3) is 0. The Morgan fingerprint density at radius 2 is 0.833 bits per heavy atom. The summed E-state index contributed by atoms with van der Waals surface area (Å²) in [5, 5.41) is 4.52. The van der Waals surface area contributed by atoms with Crippen molar-refractivity contribution < 1.29 is 8.83 Å². The van der Waals surface area contributed by atoms with E-state index in [2.05, 4.69) is 84.9 Å². The summed E-state index contributed by atoms with van der Waals surface area (Å²) >= 11 is 0. The van der Waals surface area contributed by atoms with Gasteiger partial charge in [0.1, 0.15) is 11.0 Å². The summed E-state index contributed by atoms with van der Waals surface area (Å²) < 4.78 is 11.9. The molecule has 0 aliphatic heterocycles. The van der Waals surface area contributed by atoms with Crippen LogP contribution >= 0.6 is 0 Å². The molecule has 0 N–H and O–H groups in total. The maximum absolute atomic E-state index is 5.97. The number of hydrogen-bond donors (Lipinski definition) is 0. The van der Waals surface area contributed by atoms with Crippen molar-refractivity contribution in [1.29, 1.82) is 0 Å². The van der Waals surface area contributed by atoms with Gasteiger partial charge in [0.25, 0.3) is 0 Å². The van der Waals surface area contributed by atoms with Crippen molar-refractivity contribution in [2.75, 3.05) is 0 Å². The lowest BCUT2D eigenvalue weighted by Gasteiger charge is -2.03. The number of nitrogens with zero attached hydrogens (tertiary/aromatic N) is 2. The van der Waals surface area contributed by atoms with Gasteiger partial charge in [-0.15, -0.1) is 0 Å². The summed E-state index contributed by atoms with van der Waals surface area (Å²) in [7, 11) is 0. The van der Waals surface area contributed by atoms with E-state index in [1.807, 2.05) is 60.7 Å². The minimum atomic E-state index is 0.597. The summed E-state index contributed by atoms with van der Waals surface area (Å²) in [6.45, 7) is 0. The molecule has 0 fully saturated rings. The second-order valence-electron chi connectivity index (χ2n) is 10.3. The Kier molecular flexibility index (Phi) is 5.75. The first-order valence-corrected chi connectivity index (χ1v) is 13.9. The van der Waals surface area contributed by atoms with Crippen molar-refractivity contribution in [3.8, 4) is 11.1 Å². The molecular formula is C38H24N2O2. The fourth-order valence-corrected chi connectivity index (χ4v) is 5.41. The monoisotopic (exact) mass is 540 g/mol. The van der Waals surface area contributed by atoms with E-state index in [1.165, 1.54) is 0 Å². The average Bonchev–Trinajstić information content (AvgIpc) is 3.68. The van der Waals surface area contributed by atoms with Crippen LogP contribution in [0.25, 0.3) is 79.2 Å². The predicted molar refractivity (Wildman–Crippen MR) is 173 cm³/mol. The maximum atomic E-state index is 5.97. The number of oxazole rings is 2. The van der Waals surface area contributed by atoms with Crippen LogP contribution in [0.15, 0.2) is 130 Å². The zero-order valence-corrected chi connectivity index (χ0v) is 22.6. The third-order valence-electron chi connectivity index (χ3n) is 7.59. The highest BCUT2D eigenvalue weighted by Crippen LogP contribution is 2.28. The minimum absolute atomic E-state index is 0.597. The van der Waals surface area contributed by atoms with Crippen LogP contribution in [0.3, 0.4) is 0 Å². The van der Waals surface area contributed by atoms with Crippen LogP contribution in [0.1, 0.15) is 22.9 Å². The van der Waals surface area contributed by atoms with Crippen LogP contribution in [0.2, 0.25) is 0 Å². The van der Waals surface area contributed by atoms with E-state index in [-0.39, 0.29) is 0 Å². The van der Waals surface area contributed by atoms with Crippen LogP contribution in [0.5, 0.6) is 0 Å². The van der Waals surface area contributed by atoms with Gasteiger partial charge in [-0.25, -0.2) is 9.97 Å². The molecule has 42 heavy (non-hydrogen) atoms. The van der Waals surface area contributed by atoms with E-state index in [9.17, 15) is 0 Å². The van der Waals surface area contributed by atoms with Gasteiger partial charge in [0.05, 0.1) is 0 Å². The van der Waals surface area contributed by atoms with Gasteiger partial charge in [-0.05, 0) is 57.3 Å². The molecule has 2 aromatic heterocycles. The average molecular weight is 541 g/mol. The molecule has 6 aromatic carbocycles. The van der Waals surface area contributed by atoms with Gasteiger partial charge >= 0.3 is 0 Å². The third-order valence-corrected chi connectivity index (χ3v) is 7.59. The standard InChI is InChI=1S/C38H24N2O2/c1-3-7-31-29(5-1)19-21-33-37(31)39-35(41-33)23-13-25-9-15-27(16-10-25)28-17-11-26(12-18-28)14-24-36-40-38-32-8-4-2-6-30(32)20-22-34(38)42-36/h1-24H/b23-13+,24-14+. The molecule has 8 rings (SSSR count). The summed E-state index contributed by atoms with van der Waals surface area (Å²) in [5.74, 6) is 1.19. The predicted octanol–water partition coefficient (Wildman–Crippen LogP) is 10.3. The van der Waals surface area contributed by atoms with Crippen molar-refractivity contribution in [3.63, 3.8) is 0 Å². The SMILES string of the molecule is C(=C\c1nc2c(ccc3ccccc32)o1)/c1ccc(-c2ccc(/C=C/c3nc4c(ccc5ccccc54)o3)cc2)cc1. The molecule has 0 atom stereocenters. The first-order chi connectivity index (χ1) is 20.8. The van der Waals surface area contributed by atoms with Crippen LogP contribution in [0.4, 0.5) is 0 Å². The Bertz CT molecular complexity index is 2120. The molecule has 0 unspecified atom stereocenters. The second-order valence-corrected chi connectivity index (χ2v) is 10.3. The molecule has 0 spiro atoms. The highest BCUT2D eigenvalue weighted by Gasteiger charge is 2.08. The largest absolute Gasteiger partial charge is 0.437 e. The molecule has 2 heterocycles. The lowest BCUT2D eigenvalue weighted by atomic mass is 10.0. The summed E-state index contributed by atoms with van der Waals surface area (Å²) in [6, 6.07) is 41.5. The summed E-state index contributed by atoms with van der Waals surface area (Å²) in [6.07, 6.45) is 7.90. The molecule has 0 aliphatic rings.